The largest absolute Gasteiger partial charge is 0.497 e. The van der Waals surface area contributed by atoms with E-state index in [1.54, 1.807) is 25.3 Å². The van der Waals surface area contributed by atoms with Gasteiger partial charge in [-0.15, -0.1) is 0 Å². The van der Waals surface area contributed by atoms with Gasteiger partial charge in [-0.25, -0.2) is 0 Å². The molecule has 0 aliphatic heterocycles. The molecule has 0 bridgehead atoms. The summed E-state index contributed by atoms with van der Waals surface area (Å²) >= 11 is 0. The molecule has 1 unspecified atom stereocenters. The molecule has 0 aromatic heterocycles. The van der Waals surface area contributed by atoms with Crippen molar-refractivity contribution >= 4 is 5.78 Å². The first-order valence-corrected chi connectivity index (χ1v) is 5.64. The van der Waals surface area contributed by atoms with Crippen LogP contribution in [0.2, 0.25) is 0 Å². The van der Waals surface area contributed by atoms with E-state index in [1.165, 1.54) is 7.11 Å². The van der Waals surface area contributed by atoms with Crippen molar-refractivity contribution in [2.45, 2.75) is 13.3 Å². The number of hydrogen-bond acceptors (Lipinski definition) is 4. The van der Waals surface area contributed by atoms with Gasteiger partial charge in [-0.3, -0.25) is 4.79 Å². The van der Waals surface area contributed by atoms with Crippen molar-refractivity contribution in [2.75, 3.05) is 20.8 Å². The van der Waals surface area contributed by atoms with Crippen molar-refractivity contribution in [3.63, 3.8) is 0 Å². The summed E-state index contributed by atoms with van der Waals surface area (Å²) in [4.78, 5) is 12.2. The normalized spacial score (nSPS) is 12.0. The van der Waals surface area contributed by atoms with Crippen molar-refractivity contribution in [3.05, 3.63) is 23.8 Å². The number of methoxy groups -OCH3 is 2. The number of hydrogen-bond donors (Lipinski definition) is 1. The van der Waals surface area contributed by atoms with Gasteiger partial charge in [-0.05, 0) is 18.6 Å². The first-order valence-electron chi connectivity index (χ1n) is 5.64. The van der Waals surface area contributed by atoms with Gasteiger partial charge < -0.3 is 15.2 Å². The van der Waals surface area contributed by atoms with Crippen LogP contribution in [0.25, 0.3) is 0 Å². The second-order valence-corrected chi connectivity index (χ2v) is 3.77. The Bertz CT molecular complexity index is 386. The summed E-state index contributed by atoms with van der Waals surface area (Å²) < 4.78 is 10.3. The number of ketones is 1. The van der Waals surface area contributed by atoms with Crippen molar-refractivity contribution < 1.29 is 14.3 Å². The first kappa shape index (κ1) is 13.5. The molecule has 0 spiro atoms. The third kappa shape index (κ3) is 2.97. The summed E-state index contributed by atoms with van der Waals surface area (Å²) in [6.07, 6.45) is 0.727. The van der Waals surface area contributed by atoms with E-state index in [0.717, 1.165) is 6.42 Å². The lowest BCUT2D eigenvalue weighted by atomic mass is 9.95. The van der Waals surface area contributed by atoms with Gasteiger partial charge in [0.25, 0.3) is 0 Å². The number of carbonyl (C=O) groups excluding carboxylic acids is 1. The van der Waals surface area contributed by atoms with Crippen LogP contribution in [0.5, 0.6) is 11.5 Å². The number of rotatable bonds is 6. The Balaban J connectivity index is 3.08. The van der Waals surface area contributed by atoms with E-state index in [-0.39, 0.29) is 11.7 Å². The molecule has 0 aliphatic carbocycles. The van der Waals surface area contributed by atoms with Crippen molar-refractivity contribution in [2.24, 2.45) is 11.7 Å². The van der Waals surface area contributed by atoms with Gasteiger partial charge in [-0.2, -0.15) is 0 Å². The standard InChI is InChI=1S/C13H19NO3/c1-4-9(8-14)13(15)11-6-5-10(16-2)7-12(11)17-3/h5-7,9H,4,8,14H2,1-3H3. The molecule has 4 heteroatoms. The minimum Gasteiger partial charge on any atom is -0.497 e. The Morgan fingerprint density at radius 1 is 1.35 bits per heavy atom. The van der Waals surface area contributed by atoms with Crippen LogP contribution in [0, 0.1) is 5.92 Å². The van der Waals surface area contributed by atoms with Crippen molar-refractivity contribution in [1.29, 1.82) is 0 Å². The van der Waals surface area contributed by atoms with Gasteiger partial charge in [-0.1, -0.05) is 6.92 Å². The smallest absolute Gasteiger partial charge is 0.170 e. The average molecular weight is 237 g/mol. The number of nitrogens with two attached hydrogens (primary N) is 1. The zero-order valence-corrected chi connectivity index (χ0v) is 10.5. The topological polar surface area (TPSA) is 61.6 Å². The minimum absolute atomic E-state index is 0.0227. The van der Waals surface area contributed by atoms with Crippen LogP contribution in [0.4, 0.5) is 0 Å². The van der Waals surface area contributed by atoms with E-state index in [1.807, 2.05) is 6.92 Å². The predicted molar refractivity (Wildman–Crippen MR) is 66.7 cm³/mol. The van der Waals surface area contributed by atoms with Crippen LogP contribution >= 0.6 is 0 Å². The van der Waals surface area contributed by atoms with Crippen LogP contribution in [0.15, 0.2) is 18.2 Å². The van der Waals surface area contributed by atoms with Crippen LogP contribution in [0.1, 0.15) is 23.7 Å². The molecule has 94 valence electrons. The second-order valence-electron chi connectivity index (χ2n) is 3.77. The Morgan fingerprint density at radius 3 is 2.53 bits per heavy atom. The third-order valence-corrected chi connectivity index (χ3v) is 2.82. The molecule has 1 rings (SSSR count). The Kier molecular flexibility index (Phi) is 4.97. The molecular weight excluding hydrogens is 218 g/mol. The number of Topliss-reactive ketones (excluding diaryl/α,β-unsaturated/α-hetero) is 1. The fourth-order valence-electron chi connectivity index (χ4n) is 1.68. The van der Waals surface area contributed by atoms with Crippen LogP contribution in [0.3, 0.4) is 0 Å². The Morgan fingerprint density at radius 2 is 2.06 bits per heavy atom. The maximum atomic E-state index is 12.2. The van der Waals surface area contributed by atoms with E-state index in [4.69, 9.17) is 15.2 Å². The molecule has 1 aromatic rings. The van der Waals surface area contributed by atoms with E-state index < -0.39 is 0 Å². The lowest BCUT2D eigenvalue weighted by Crippen LogP contribution is -2.23. The van der Waals surface area contributed by atoms with Crippen LogP contribution in [-0.4, -0.2) is 26.5 Å². The summed E-state index contributed by atoms with van der Waals surface area (Å²) in [5.74, 6) is 1.06. The highest BCUT2D eigenvalue weighted by Gasteiger charge is 2.20. The highest BCUT2D eigenvalue weighted by Crippen LogP contribution is 2.27. The SMILES string of the molecule is CCC(CN)C(=O)c1ccc(OC)cc1OC. The van der Waals surface area contributed by atoms with Crippen LogP contribution in [-0.2, 0) is 0 Å². The highest BCUT2D eigenvalue weighted by molar-refractivity contribution is 6.00. The van der Waals surface area contributed by atoms with Gasteiger partial charge in [0.15, 0.2) is 5.78 Å². The fraction of sp³-hybridized carbons (Fsp3) is 0.462. The summed E-state index contributed by atoms with van der Waals surface area (Å²) in [6, 6.07) is 5.17. The predicted octanol–water partition coefficient (Wildman–Crippen LogP) is 1.87. The molecule has 0 saturated carbocycles. The molecular formula is C13H19NO3. The fourth-order valence-corrected chi connectivity index (χ4v) is 1.68. The Labute approximate surface area is 102 Å². The number of ether oxygens (including phenoxy) is 2. The van der Waals surface area contributed by atoms with Crippen molar-refractivity contribution in [3.8, 4) is 11.5 Å². The maximum absolute atomic E-state index is 12.2. The first-order chi connectivity index (χ1) is 8.17. The molecule has 0 amide bonds. The zero-order valence-electron chi connectivity index (χ0n) is 10.5. The van der Waals surface area contributed by atoms with Crippen molar-refractivity contribution in [1.82, 2.24) is 0 Å². The number of benzene rings is 1. The van der Waals surface area contributed by atoms with Gasteiger partial charge in [0.05, 0.1) is 19.8 Å². The quantitative estimate of drug-likeness (QED) is 0.767. The average Bonchev–Trinajstić information content (AvgIpc) is 2.39. The summed E-state index contributed by atoms with van der Waals surface area (Å²) in [7, 11) is 3.11. The van der Waals surface area contributed by atoms with E-state index in [0.29, 0.717) is 23.6 Å². The summed E-state index contributed by atoms with van der Waals surface area (Å²) in [6.45, 7) is 2.30. The molecule has 0 heterocycles. The van der Waals surface area contributed by atoms with Gasteiger partial charge >= 0.3 is 0 Å². The lowest BCUT2D eigenvalue weighted by Gasteiger charge is -2.14. The molecule has 17 heavy (non-hydrogen) atoms. The van der Waals surface area contributed by atoms with E-state index in [2.05, 4.69) is 0 Å². The molecule has 0 radical (unpaired) electrons. The maximum Gasteiger partial charge on any atom is 0.170 e. The van der Waals surface area contributed by atoms with Crippen LogP contribution < -0.4 is 15.2 Å². The monoisotopic (exact) mass is 237 g/mol. The lowest BCUT2D eigenvalue weighted by molar-refractivity contribution is 0.0918. The molecule has 4 nitrogen and oxygen atoms in total. The molecule has 0 aliphatic rings. The molecule has 1 aromatic carbocycles. The van der Waals surface area contributed by atoms with Gasteiger partial charge in [0.1, 0.15) is 11.5 Å². The molecule has 2 N–H and O–H groups in total. The van der Waals surface area contributed by atoms with Gasteiger partial charge in [0.2, 0.25) is 0 Å². The second kappa shape index (κ2) is 6.25. The highest BCUT2D eigenvalue weighted by atomic mass is 16.5. The molecule has 0 fully saturated rings. The summed E-state index contributed by atoms with van der Waals surface area (Å²) in [5, 5.41) is 0. The minimum atomic E-state index is -0.155. The number of carbonyl (C=O) groups is 1. The van der Waals surface area contributed by atoms with Gasteiger partial charge in [0, 0.05) is 18.5 Å². The zero-order chi connectivity index (χ0) is 12.8. The third-order valence-electron chi connectivity index (χ3n) is 2.82. The Hall–Kier alpha value is -1.55. The molecule has 0 saturated heterocycles. The van der Waals surface area contributed by atoms with E-state index in [9.17, 15) is 4.79 Å². The summed E-state index contributed by atoms with van der Waals surface area (Å²) in [5.41, 5.74) is 6.14. The molecule has 1 atom stereocenters. The van der Waals surface area contributed by atoms with E-state index >= 15 is 0 Å².